The summed E-state index contributed by atoms with van der Waals surface area (Å²) < 4.78 is 5.32. The van der Waals surface area contributed by atoms with Crippen LogP contribution in [0.4, 0.5) is 0 Å². The fraction of sp³-hybridized carbons (Fsp3) is 0.800. The van der Waals surface area contributed by atoms with Crippen LogP contribution < -0.4 is 5.32 Å². The van der Waals surface area contributed by atoms with E-state index in [1.807, 2.05) is 11.8 Å². The van der Waals surface area contributed by atoms with Gasteiger partial charge in [0.05, 0.1) is 6.04 Å². The highest BCUT2D eigenvalue weighted by molar-refractivity contribution is 7.99. The van der Waals surface area contributed by atoms with Gasteiger partial charge in [-0.3, -0.25) is 5.32 Å². The number of hydrogen-bond acceptors (Lipinski definition) is 5. The first kappa shape index (κ1) is 12.2. The number of nitrogens with zero attached hydrogens (tertiary/aromatic N) is 2. The lowest BCUT2D eigenvalue weighted by Gasteiger charge is -2.02. The second kappa shape index (κ2) is 5.38. The summed E-state index contributed by atoms with van der Waals surface area (Å²) in [6, 6.07) is 0.276. The lowest BCUT2D eigenvalue weighted by Crippen LogP contribution is -2.14. The molecule has 90 valence electrons. The highest BCUT2D eigenvalue weighted by atomic mass is 35.5. The minimum Gasteiger partial charge on any atom is -0.338 e. The highest BCUT2D eigenvalue weighted by Crippen LogP contribution is 2.33. The Balaban J connectivity index is 0.000000963. The Kier molecular flexibility index (Phi) is 4.10. The van der Waals surface area contributed by atoms with Crippen molar-refractivity contribution in [1.29, 1.82) is 0 Å². The molecule has 6 heteroatoms. The van der Waals surface area contributed by atoms with Crippen molar-refractivity contribution < 1.29 is 4.52 Å². The molecule has 4 nitrogen and oxygen atoms in total. The highest BCUT2D eigenvalue weighted by Gasteiger charge is 2.26. The molecule has 1 saturated heterocycles. The van der Waals surface area contributed by atoms with E-state index in [-0.39, 0.29) is 18.4 Å². The molecular formula is C10H16ClN3OS. The number of rotatable bonds is 2. The fourth-order valence-electron chi connectivity index (χ4n) is 2.29. The maximum atomic E-state index is 5.32. The topological polar surface area (TPSA) is 51.0 Å². The van der Waals surface area contributed by atoms with Crippen LogP contribution in [0.2, 0.25) is 0 Å². The molecular weight excluding hydrogens is 246 g/mol. The monoisotopic (exact) mass is 261 g/mol. The van der Waals surface area contributed by atoms with Gasteiger partial charge in [0.15, 0.2) is 5.82 Å². The first-order valence-electron chi connectivity index (χ1n) is 5.58. The van der Waals surface area contributed by atoms with E-state index in [1.165, 1.54) is 25.7 Å². The van der Waals surface area contributed by atoms with Crippen molar-refractivity contribution in [3.8, 4) is 0 Å². The van der Waals surface area contributed by atoms with Crippen molar-refractivity contribution in [2.24, 2.45) is 0 Å². The van der Waals surface area contributed by atoms with E-state index in [0.717, 1.165) is 23.3 Å². The second-order valence-electron chi connectivity index (χ2n) is 4.24. The van der Waals surface area contributed by atoms with Crippen LogP contribution in [0.1, 0.15) is 49.4 Å². The van der Waals surface area contributed by atoms with Gasteiger partial charge >= 0.3 is 0 Å². The van der Waals surface area contributed by atoms with Crippen molar-refractivity contribution in [3.05, 3.63) is 11.7 Å². The average molecular weight is 262 g/mol. The van der Waals surface area contributed by atoms with Gasteiger partial charge in [-0.2, -0.15) is 4.98 Å². The lowest BCUT2D eigenvalue weighted by molar-refractivity contribution is 0.345. The summed E-state index contributed by atoms with van der Waals surface area (Å²) in [7, 11) is 0. The molecule has 16 heavy (non-hydrogen) atoms. The smallest absolute Gasteiger partial charge is 0.244 e. The molecule has 0 spiro atoms. The average Bonchev–Trinajstić information content (AvgIpc) is 3.02. The van der Waals surface area contributed by atoms with Crippen LogP contribution >= 0.6 is 24.2 Å². The third-order valence-electron chi connectivity index (χ3n) is 3.19. The van der Waals surface area contributed by atoms with Gasteiger partial charge in [-0.25, -0.2) is 0 Å². The lowest BCUT2D eigenvalue weighted by atomic mass is 10.1. The number of hydrogen-bond donors (Lipinski definition) is 1. The summed E-state index contributed by atoms with van der Waals surface area (Å²) in [5.74, 6) is 4.30. The first-order chi connectivity index (χ1) is 7.43. The zero-order chi connectivity index (χ0) is 10.1. The third kappa shape index (κ3) is 2.36. The summed E-state index contributed by atoms with van der Waals surface area (Å²) in [4.78, 5) is 4.52. The summed E-state index contributed by atoms with van der Waals surface area (Å²) in [6.45, 7) is 0. The van der Waals surface area contributed by atoms with Gasteiger partial charge in [-0.1, -0.05) is 18.0 Å². The van der Waals surface area contributed by atoms with Gasteiger partial charge in [0.1, 0.15) is 0 Å². The SMILES string of the molecule is C1CCC(c2noc(C3CSCN3)n2)C1.Cl. The predicted molar refractivity (Wildman–Crippen MR) is 66.0 cm³/mol. The number of nitrogens with one attached hydrogen (secondary N) is 1. The van der Waals surface area contributed by atoms with Crippen molar-refractivity contribution in [3.63, 3.8) is 0 Å². The molecule has 2 fully saturated rings. The Morgan fingerprint density at radius 3 is 2.81 bits per heavy atom. The molecule has 3 rings (SSSR count). The fourth-order valence-corrected chi connectivity index (χ4v) is 3.23. The van der Waals surface area contributed by atoms with E-state index in [0.29, 0.717) is 5.92 Å². The predicted octanol–water partition coefficient (Wildman–Crippen LogP) is 2.48. The standard InChI is InChI=1S/C10H15N3OS.ClH/c1-2-4-7(3-1)9-12-10(14-13-9)8-5-15-6-11-8;/h7-8,11H,1-6H2;1H. The van der Waals surface area contributed by atoms with Crippen molar-refractivity contribution >= 4 is 24.2 Å². The molecule has 1 N–H and O–H groups in total. The van der Waals surface area contributed by atoms with Crippen LogP contribution in [-0.2, 0) is 0 Å². The second-order valence-corrected chi connectivity index (χ2v) is 5.27. The van der Waals surface area contributed by atoms with Crippen molar-refractivity contribution in [2.75, 3.05) is 11.6 Å². The van der Waals surface area contributed by atoms with E-state index >= 15 is 0 Å². The Bertz CT molecular complexity index is 304. The Morgan fingerprint density at radius 1 is 1.31 bits per heavy atom. The minimum atomic E-state index is 0. The molecule has 1 aliphatic carbocycles. The van der Waals surface area contributed by atoms with Crippen LogP contribution in [0.3, 0.4) is 0 Å². The van der Waals surface area contributed by atoms with E-state index in [4.69, 9.17) is 4.52 Å². The molecule has 2 aliphatic rings. The van der Waals surface area contributed by atoms with Crippen LogP contribution in [0, 0.1) is 0 Å². The molecule has 1 aliphatic heterocycles. The maximum absolute atomic E-state index is 5.32. The van der Waals surface area contributed by atoms with E-state index in [2.05, 4.69) is 15.5 Å². The van der Waals surface area contributed by atoms with Crippen LogP contribution in [-0.4, -0.2) is 21.8 Å². The van der Waals surface area contributed by atoms with Crippen molar-refractivity contribution in [1.82, 2.24) is 15.5 Å². The molecule has 2 heterocycles. The van der Waals surface area contributed by atoms with Crippen LogP contribution in [0.25, 0.3) is 0 Å². The zero-order valence-corrected chi connectivity index (χ0v) is 10.6. The van der Waals surface area contributed by atoms with Crippen LogP contribution in [0.5, 0.6) is 0 Å². The summed E-state index contributed by atoms with van der Waals surface area (Å²) in [6.07, 6.45) is 5.08. The van der Waals surface area contributed by atoms with E-state index < -0.39 is 0 Å². The molecule has 1 saturated carbocycles. The molecule has 0 aromatic carbocycles. The van der Waals surface area contributed by atoms with Crippen molar-refractivity contribution in [2.45, 2.75) is 37.6 Å². The maximum Gasteiger partial charge on any atom is 0.244 e. The normalized spacial score (nSPS) is 25.9. The first-order valence-corrected chi connectivity index (χ1v) is 6.73. The van der Waals surface area contributed by atoms with Gasteiger partial charge < -0.3 is 4.52 Å². The van der Waals surface area contributed by atoms with E-state index in [1.54, 1.807) is 0 Å². The largest absolute Gasteiger partial charge is 0.338 e. The number of aromatic nitrogens is 2. The summed E-state index contributed by atoms with van der Waals surface area (Å²) in [5.41, 5.74) is 0. The molecule has 1 aromatic rings. The molecule has 1 aromatic heterocycles. The summed E-state index contributed by atoms with van der Waals surface area (Å²) >= 11 is 1.88. The Hall–Kier alpha value is -0.260. The van der Waals surface area contributed by atoms with Gasteiger partial charge in [-0.05, 0) is 12.8 Å². The molecule has 0 bridgehead atoms. The van der Waals surface area contributed by atoms with Gasteiger partial charge in [0, 0.05) is 17.5 Å². The molecule has 0 amide bonds. The van der Waals surface area contributed by atoms with Gasteiger partial charge in [-0.15, -0.1) is 24.2 Å². The van der Waals surface area contributed by atoms with Gasteiger partial charge in [0.2, 0.25) is 5.89 Å². The quantitative estimate of drug-likeness (QED) is 0.886. The van der Waals surface area contributed by atoms with E-state index in [9.17, 15) is 0 Å². The van der Waals surface area contributed by atoms with Crippen LogP contribution in [0.15, 0.2) is 4.52 Å². The number of thioether (sulfide) groups is 1. The minimum absolute atomic E-state index is 0. The number of halogens is 1. The third-order valence-corrected chi connectivity index (χ3v) is 4.13. The Labute approximate surface area is 105 Å². The molecule has 0 radical (unpaired) electrons. The van der Waals surface area contributed by atoms with Gasteiger partial charge in [0.25, 0.3) is 0 Å². The summed E-state index contributed by atoms with van der Waals surface area (Å²) in [5, 5.41) is 7.45. The molecule has 1 atom stereocenters. The zero-order valence-electron chi connectivity index (χ0n) is 9.02. The molecule has 1 unspecified atom stereocenters. The Morgan fingerprint density at radius 2 is 2.12 bits per heavy atom.